The molecule has 0 unspecified atom stereocenters. The first-order valence-electron chi connectivity index (χ1n) is 8.66. The Balaban J connectivity index is 0.00000196. The summed E-state index contributed by atoms with van der Waals surface area (Å²) >= 11 is 0. The number of hydrogen-bond donors (Lipinski definition) is 2. The highest BCUT2D eigenvalue weighted by Gasteiger charge is 2.36. The van der Waals surface area contributed by atoms with Crippen molar-refractivity contribution in [2.75, 3.05) is 19.6 Å². The molecule has 1 fully saturated rings. The number of hydrogen-bond acceptors (Lipinski definition) is 4. The first kappa shape index (κ1) is 18.7. The summed E-state index contributed by atoms with van der Waals surface area (Å²) in [5, 5.41) is 14.7. The summed E-state index contributed by atoms with van der Waals surface area (Å²) in [5.41, 5.74) is 8.68. The quantitative estimate of drug-likeness (QED) is 0.739. The summed E-state index contributed by atoms with van der Waals surface area (Å²) < 4.78 is 13.3. The first-order valence-corrected chi connectivity index (χ1v) is 8.66. The second-order valence-electron chi connectivity index (χ2n) is 6.68. The van der Waals surface area contributed by atoms with Gasteiger partial charge in [-0.15, -0.1) is 17.5 Å². The van der Waals surface area contributed by atoms with Crippen molar-refractivity contribution in [3.05, 3.63) is 60.0 Å². The molecule has 1 saturated heterocycles. The van der Waals surface area contributed by atoms with Gasteiger partial charge in [0.25, 0.3) is 0 Å². The highest BCUT2D eigenvalue weighted by molar-refractivity contribution is 5.96. The van der Waals surface area contributed by atoms with Gasteiger partial charge in [-0.1, -0.05) is 24.3 Å². The van der Waals surface area contributed by atoms with Gasteiger partial charge in [-0.3, -0.25) is 0 Å². The van der Waals surface area contributed by atoms with Crippen LogP contribution < -0.4 is 11.1 Å². The number of piperidine rings is 1. The molecule has 4 nitrogen and oxygen atoms in total. The molecule has 3 aromatic rings. The van der Waals surface area contributed by atoms with Crippen LogP contribution in [-0.4, -0.2) is 29.8 Å². The predicted octanol–water partition coefficient (Wildman–Crippen LogP) is 3.44. The number of nitrogens with one attached hydrogen (secondary N) is 1. The maximum absolute atomic E-state index is 13.3. The fraction of sp³-hybridized carbons (Fsp3) is 0.300. The van der Waals surface area contributed by atoms with Gasteiger partial charge in [-0.25, -0.2) is 4.39 Å². The number of benzene rings is 2. The minimum absolute atomic E-state index is 0. The number of fused-ring (bicyclic) bond motifs is 1. The minimum atomic E-state index is -0.255. The SMILES string of the molecule is Cl.NCC1(c2nnc(-c3ccc(F)cc3)c3ccccc23)CCNCC1. The fourth-order valence-corrected chi connectivity index (χ4v) is 3.76. The van der Waals surface area contributed by atoms with Crippen molar-refractivity contribution >= 4 is 23.2 Å². The van der Waals surface area contributed by atoms with Gasteiger partial charge in [0.1, 0.15) is 11.5 Å². The van der Waals surface area contributed by atoms with E-state index in [1.54, 1.807) is 12.1 Å². The summed E-state index contributed by atoms with van der Waals surface area (Å²) in [6, 6.07) is 14.6. The maximum atomic E-state index is 13.3. The van der Waals surface area contributed by atoms with Crippen molar-refractivity contribution in [2.45, 2.75) is 18.3 Å². The molecule has 3 N–H and O–H groups in total. The van der Waals surface area contributed by atoms with E-state index in [1.165, 1.54) is 12.1 Å². The van der Waals surface area contributed by atoms with E-state index in [2.05, 4.69) is 27.6 Å². The van der Waals surface area contributed by atoms with Crippen molar-refractivity contribution in [1.82, 2.24) is 15.5 Å². The molecule has 0 saturated carbocycles. The molecule has 0 bridgehead atoms. The zero-order chi connectivity index (χ0) is 17.3. The molecule has 4 rings (SSSR count). The van der Waals surface area contributed by atoms with E-state index in [1.807, 2.05) is 12.1 Å². The summed E-state index contributed by atoms with van der Waals surface area (Å²) in [7, 11) is 0. The Labute approximate surface area is 158 Å². The van der Waals surface area contributed by atoms with Gasteiger partial charge in [-0.05, 0) is 50.2 Å². The first-order chi connectivity index (χ1) is 12.2. The molecule has 6 heteroatoms. The highest BCUT2D eigenvalue weighted by atomic mass is 35.5. The van der Waals surface area contributed by atoms with Crippen LogP contribution in [0.3, 0.4) is 0 Å². The average molecular weight is 373 g/mol. The van der Waals surface area contributed by atoms with Crippen molar-refractivity contribution in [1.29, 1.82) is 0 Å². The monoisotopic (exact) mass is 372 g/mol. The normalized spacial score (nSPS) is 16.2. The Morgan fingerprint density at radius 2 is 1.62 bits per heavy atom. The average Bonchev–Trinajstić information content (AvgIpc) is 2.68. The molecule has 0 amide bonds. The lowest BCUT2D eigenvalue weighted by Crippen LogP contribution is -2.45. The van der Waals surface area contributed by atoms with Crippen LogP contribution in [-0.2, 0) is 5.41 Å². The number of rotatable bonds is 3. The summed E-state index contributed by atoms with van der Waals surface area (Å²) in [6.07, 6.45) is 1.91. The number of nitrogens with two attached hydrogens (primary N) is 1. The molecule has 136 valence electrons. The van der Waals surface area contributed by atoms with Crippen LogP contribution in [0.4, 0.5) is 4.39 Å². The molecule has 2 aromatic carbocycles. The third-order valence-electron chi connectivity index (χ3n) is 5.26. The van der Waals surface area contributed by atoms with Gasteiger partial charge in [-0.2, -0.15) is 5.10 Å². The third kappa shape index (κ3) is 3.18. The third-order valence-corrected chi connectivity index (χ3v) is 5.26. The van der Waals surface area contributed by atoms with Gasteiger partial charge in [0.2, 0.25) is 0 Å². The Hall–Kier alpha value is -2.08. The predicted molar refractivity (Wildman–Crippen MR) is 105 cm³/mol. The summed E-state index contributed by atoms with van der Waals surface area (Å²) in [5.74, 6) is -0.255. The Morgan fingerprint density at radius 3 is 2.27 bits per heavy atom. The highest BCUT2D eigenvalue weighted by Crippen LogP contribution is 2.37. The minimum Gasteiger partial charge on any atom is -0.330 e. The van der Waals surface area contributed by atoms with Gasteiger partial charge in [0.15, 0.2) is 0 Å². The topological polar surface area (TPSA) is 63.8 Å². The van der Waals surface area contributed by atoms with E-state index < -0.39 is 0 Å². The zero-order valence-corrected chi connectivity index (χ0v) is 15.2. The van der Waals surface area contributed by atoms with Crippen LogP contribution in [0.2, 0.25) is 0 Å². The van der Waals surface area contributed by atoms with Crippen LogP contribution in [0, 0.1) is 5.82 Å². The van der Waals surface area contributed by atoms with Gasteiger partial charge < -0.3 is 11.1 Å². The van der Waals surface area contributed by atoms with E-state index in [0.29, 0.717) is 6.54 Å². The smallest absolute Gasteiger partial charge is 0.123 e. The second kappa shape index (κ2) is 7.66. The van der Waals surface area contributed by atoms with Crippen LogP contribution in [0.25, 0.3) is 22.0 Å². The number of halogens is 2. The molecular weight excluding hydrogens is 351 g/mol. The Bertz CT molecular complexity index is 892. The number of nitrogens with zero attached hydrogens (tertiary/aromatic N) is 2. The van der Waals surface area contributed by atoms with E-state index in [-0.39, 0.29) is 23.6 Å². The van der Waals surface area contributed by atoms with Gasteiger partial charge in [0, 0.05) is 28.3 Å². The van der Waals surface area contributed by atoms with Gasteiger partial charge >= 0.3 is 0 Å². The molecule has 26 heavy (non-hydrogen) atoms. The molecule has 1 aliphatic rings. The van der Waals surface area contributed by atoms with E-state index >= 15 is 0 Å². The standard InChI is InChI=1S/C20H21FN4.ClH/c21-15-7-5-14(6-8-15)18-16-3-1-2-4-17(16)19(25-24-18)20(13-22)9-11-23-12-10-20;/h1-8,23H,9-13,22H2;1H. The van der Waals surface area contributed by atoms with E-state index in [9.17, 15) is 4.39 Å². The molecular formula is C20H22ClFN4. The van der Waals surface area contributed by atoms with Crippen molar-refractivity contribution in [3.8, 4) is 11.3 Å². The Kier molecular flexibility index (Phi) is 5.51. The van der Waals surface area contributed by atoms with Gasteiger partial charge in [0.05, 0.1) is 5.69 Å². The molecule has 1 aliphatic heterocycles. The Morgan fingerprint density at radius 1 is 0.962 bits per heavy atom. The molecule has 0 radical (unpaired) electrons. The lowest BCUT2D eigenvalue weighted by Gasteiger charge is -2.36. The van der Waals surface area contributed by atoms with E-state index in [4.69, 9.17) is 5.73 Å². The molecule has 0 spiro atoms. The van der Waals surface area contributed by atoms with Crippen LogP contribution in [0.15, 0.2) is 48.5 Å². The second-order valence-corrected chi connectivity index (χ2v) is 6.68. The number of aromatic nitrogens is 2. The lowest BCUT2D eigenvalue weighted by molar-refractivity contribution is 0.308. The summed E-state index contributed by atoms with van der Waals surface area (Å²) in [6.45, 7) is 2.43. The maximum Gasteiger partial charge on any atom is 0.123 e. The fourth-order valence-electron chi connectivity index (χ4n) is 3.76. The molecule has 2 heterocycles. The van der Waals surface area contributed by atoms with Crippen LogP contribution in [0.1, 0.15) is 18.5 Å². The molecule has 0 atom stereocenters. The van der Waals surface area contributed by atoms with E-state index in [0.717, 1.165) is 53.7 Å². The van der Waals surface area contributed by atoms with Crippen molar-refractivity contribution in [3.63, 3.8) is 0 Å². The zero-order valence-electron chi connectivity index (χ0n) is 14.4. The van der Waals surface area contributed by atoms with Crippen molar-refractivity contribution < 1.29 is 4.39 Å². The molecule has 0 aliphatic carbocycles. The molecule has 1 aromatic heterocycles. The van der Waals surface area contributed by atoms with Crippen molar-refractivity contribution in [2.24, 2.45) is 5.73 Å². The summed E-state index contributed by atoms with van der Waals surface area (Å²) in [4.78, 5) is 0. The lowest BCUT2D eigenvalue weighted by atomic mass is 9.74. The van der Waals surface area contributed by atoms with Crippen LogP contribution >= 0.6 is 12.4 Å². The largest absolute Gasteiger partial charge is 0.330 e. The van der Waals surface area contributed by atoms with Crippen LogP contribution in [0.5, 0.6) is 0 Å².